The second-order valence-electron chi connectivity index (χ2n) is 10.1. The van der Waals surface area contributed by atoms with Crippen molar-refractivity contribution in [1.82, 2.24) is 9.80 Å². The zero-order chi connectivity index (χ0) is 31.1. The van der Waals surface area contributed by atoms with Gasteiger partial charge in [-0.3, -0.25) is 14.6 Å². The Morgan fingerprint density at radius 2 is 1.77 bits per heavy atom. The van der Waals surface area contributed by atoms with Gasteiger partial charge >= 0.3 is 5.97 Å². The third-order valence-electron chi connectivity index (χ3n) is 7.07. The maximum Gasteiger partial charge on any atom is 0.341 e. The normalized spacial score (nSPS) is 16.5. The molecule has 0 radical (unpaired) electrons. The number of thioether (sulfide) groups is 1. The van der Waals surface area contributed by atoms with Crippen LogP contribution in [0.25, 0.3) is 17.2 Å². The summed E-state index contributed by atoms with van der Waals surface area (Å²) in [5.74, 6) is -0.0346. The fraction of sp³-hybridized carbons (Fsp3) is 0.281. The minimum absolute atomic E-state index is 0.154. The van der Waals surface area contributed by atoms with E-state index < -0.39 is 12.6 Å². The van der Waals surface area contributed by atoms with Gasteiger partial charge in [0.25, 0.3) is 5.91 Å². The molecule has 230 valence electrons. The van der Waals surface area contributed by atoms with E-state index in [0.29, 0.717) is 50.3 Å². The molecule has 5 rings (SSSR count). The smallest absolute Gasteiger partial charge is 0.341 e. The Kier molecular flexibility index (Phi) is 11.2. The molecule has 2 heterocycles. The molecule has 12 heteroatoms. The Balaban J connectivity index is 1.29. The summed E-state index contributed by atoms with van der Waals surface area (Å²) in [6.07, 6.45) is 2.41. The summed E-state index contributed by atoms with van der Waals surface area (Å²) in [5.41, 5.74) is 3.36. The van der Waals surface area contributed by atoms with Gasteiger partial charge in [0, 0.05) is 42.3 Å². The molecular weight excluding hydrogens is 643 g/mol. The number of carbonyl (C=O) groups is 2. The number of hydrogen-bond acceptors (Lipinski definition) is 8. The summed E-state index contributed by atoms with van der Waals surface area (Å²) in [7, 11) is 0. The number of carboxylic acids is 1. The van der Waals surface area contributed by atoms with Crippen LogP contribution in [0.5, 0.6) is 11.5 Å². The van der Waals surface area contributed by atoms with Gasteiger partial charge in [0.05, 0.1) is 23.1 Å². The summed E-state index contributed by atoms with van der Waals surface area (Å²) in [6, 6.07) is 18.2. The molecule has 2 saturated heterocycles. The predicted octanol–water partition coefficient (Wildman–Crippen LogP) is 6.28. The van der Waals surface area contributed by atoms with Gasteiger partial charge in [-0.25, -0.2) is 4.79 Å². The number of morpholine rings is 1. The minimum atomic E-state index is -1.04. The monoisotopic (exact) mass is 672 g/mol. The summed E-state index contributed by atoms with van der Waals surface area (Å²) in [6.45, 7) is 4.52. The standard InChI is InChI=1S/C32H30Cl2N2O6S2/c33-23-4-7-25(27(34)19-23)26-17-22(3-8-28(26)41-16-13-35-11-14-40-15-12-35)18-29-31(39)36(32(43)44-29)10-9-21-1-5-24(6-2-21)42-20-30(37)38/h1-8,17-19H,9-16,20H2,(H,37,38)/b29-18-. The summed E-state index contributed by atoms with van der Waals surface area (Å²) >= 11 is 19.6. The second kappa shape index (κ2) is 15.2. The van der Waals surface area contributed by atoms with E-state index in [2.05, 4.69) is 4.90 Å². The lowest BCUT2D eigenvalue weighted by molar-refractivity contribution is -0.139. The van der Waals surface area contributed by atoms with Gasteiger partial charge in [0.1, 0.15) is 22.4 Å². The van der Waals surface area contributed by atoms with Gasteiger partial charge in [-0.15, -0.1) is 0 Å². The second-order valence-corrected chi connectivity index (χ2v) is 12.6. The van der Waals surface area contributed by atoms with E-state index in [9.17, 15) is 9.59 Å². The van der Waals surface area contributed by atoms with Gasteiger partial charge in [-0.05, 0) is 60.0 Å². The molecule has 3 aromatic carbocycles. The van der Waals surface area contributed by atoms with Crippen LogP contribution in [0.2, 0.25) is 10.0 Å². The molecule has 1 amide bonds. The first-order valence-corrected chi connectivity index (χ1v) is 16.0. The van der Waals surface area contributed by atoms with Crippen molar-refractivity contribution < 1.29 is 28.9 Å². The van der Waals surface area contributed by atoms with Crippen molar-refractivity contribution in [3.63, 3.8) is 0 Å². The van der Waals surface area contributed by atoms with Crippen molar-refractivity contribution in [3.05, 3.63) is 86.7 Å². The number of thiocarbonyl (C=S) groups is 1. The van der Waals surface area contributed by atoms with Gasteiger partial charge in [-0.1, -0.05) is 71.4 Å². The van der Waals surface area contributed by atoms with Crippen LogP contribution in [0.4, 0.5) is 0 Å². The molecular formula is C32H30Cl2N2O6S2. The molecule has 0 spiro atoms. The minimum Gasteiger partial charge on any atom is -0.492 e. The highest BCUT2D eigenvalue weighted by molar-refractivity contribution is 8.26. The average Bonchev–Trinajstić information content (AvgIpc) is 3.27. The van der Waals surface area contributed by atoms with Crippen molar-refractivity contribution in [2.45, 2.75) is 6.42 Å². The maximum absolute atomic E-state index is 13.3. The Morgan fingerprint density at radius 3 is 2.50 bits per heavy atom. The fourth-order valence-corrected chi connectivity index (χ4v) is 6.59. The number of amides is 1. The first-order chi connectivity index (χ1) is 21.3. The topological polar surface area (TPSA) is 88.5 Å². The van der Waals surface area contributed by atoms with Gasteiger partial charge < -0.3 is 19.3 Å². The highest BCUT2D eigenvalue weighted by Gasteiger charge is 2.31. The number of carboxylic acid groups (broad SMARTS) is 1. The lowest BCUT2D eigenvalue weighted by Gasteiger charge is -2.26. The van der Waals surface area contributed by atoms with E-state index in [4.69, 9.17) is 54.7 Å². The third-order valence-corrected chi connectivity index (χ3v) is 9.00. The molecule has 2 aliphatic rings. The Hall–Kier alpha value is -3.12. The third kappa shape index (κ3) is 8.53. The van der Waals surface area contributed by atoms with Crippen LogP contribution in [0.1, 0.15) is 11.1 Å². The SMILES string of the molecule is O=C(O)COc1ccc(CCN2C(=O)/C(=C/c3ccc(OCCN4CCOCC4)c(-c4ccc(Cl)cc4Cl)c3)SC2=S)cc1. The summed E-state index contributed by atoms with van der Waals surface area (Å²) in [5, 5.41) is 9.81. The molecule has 0 saturated carbocycles. The number of ether oxygens (including phenoxy) is 3. The zero-order valence-electron chi connectivity index (χ0n) is 23.7. The van der Waals surface area contributed by atoms with Crippen molar-refractivity contribution >= 4 is 69.5 Å². The van der Waals surface area contributed by atoms with Crippen LogP contribution >= 0.6 is 47.2 Å². The number of halogens is 2. The first kappa shape index (κ1) is 32.3. The molecule has 0 bridgehead atoms. The Bertz CT molecular complexity index is 1560. The number of carbonyl (C=O) groups excluding carboxylic acids is 1. The fourth-order valence-electron chi connectivity index (χ4n) is 4.77. The van der Waals surface area contributed by atoms with E-state index >= 15 is 0 Å². The van der Waals surface area contributed by atoms with Crippen LogP contribution in [-0.4, -0.2) is 83.7 Å². The lowest BCUT2D eigenvalue weighted by Crippen LogP contribution is -2.38. The molecule has 0 aromatic heterocycles. The highest BCUT2D eigenvalue weighted by Crippen LogP contribution is 2.39. The average molecular weight is 674 g/mol. The molecule has 0 aliphatic carbocycles. The summed E-state index contributed by atoms with van der Waals surface area (Å²) < 4.78 is 17.3. The molecule has 3 aromatic rings. The number of nitrogens with zero attached hydrogens (tertiary/aromatic N) is 2. The van der Waals surface area contributed by atoms with Crippen LogP contribution in [-0.2, 0) is 20.7 Å². The van der Waals surface area contributed by atoms with Gasteiger partial charge in [0.2, 0.25) is 0 Å². The number of aliphatic carboxylic acids is 1. The molecule has 44 heavy (non-hydrogen) atoms. The lowest BCUT2D eigenvalue weighted by atomic mass is 10.0. The van der Waals surface area contributed by atoms with E-state index in [1.165, 1.54) is 11.8 Å². The van der Waals surface area contributed by atoms with Crippen LogP contribution in [0, 0.1) is 0 Å². The van der Waals surface area contributed by atoms with Gasteiger partial charge in [0.15, 0.2) is 6.61 Å². The van der Waals surface area contributed by atoms with E-state index in [-0.39, 0.29) is 5.91 Å². The van der Waals surface area contributed by atoms with E-state index in [1.54, 1.807) is 29.2 Å². The highest BCUT2D eigenvalue weighted by atomic mass is 35.5. The Labute approximate surface area is 275 Å². The predicted molar refractivity (Wildman–Crippen MR) is 178 cm³/mol. The molecule has 2 fully saturated rings. The van der Waals surface area contributed by atoms with Gasteiger partial charge in [-0.2, -0.15) is 0 Å². The zero-order valence-corrected chi connectivity index (χ0v) is 26.8. The van der Waals surface area contributed by atoms with Crippen molar-refractivity contribution in [2.24, 2.45) is 0 Å². The molecule has 2 aliphatic heterocycles. The largest absolute Gasteiger partial charge is 0.492 e. The Morgan fingerprint density at radius 1 is 1.00 bits per heavy atom. The van der Waals surface area contributed by atoms with Crippen molar-refractivity contribution in [2.75, 3.05) is 52.6 Å². The first-order valence-electron chi connectivity index (χ1n) is 14.0. The van der Waals surface area contributed by atoms with E-state index in [0.717, 1.165) is 55.1 Å². The van der Waals surface area contributed by atoms with E-state index in [1.807, 2.05) is 42.5 Å². The molecule has 8 nitrogen and oxygen atoms in total. The van der Waals surface area contributed by atoms with Crippen LogP contribution in [0.15, 0.2) is 65.6 Å². The molecule has 1 N–H and O–H groups in total. The molecule has 0 atom stereocenters. The van der Waals surface area contributed by atoms with Crippen molar-refractivity contribution in [3.8, 4) is 22.6 Å². The number of benzene rings is 3. The van der Waals surface area contributed by atoms with Crippen LogP contribution < -0.4 is 9.47 Å². The molecule has 0 unspecified atom stereocenters. The maximum atomic E-state index is 13.3. The van der Waals surface area contributed by atoms with Crippen molar-refractivity contribution in [1.29, 1.82) is 0 Å². The van der Waals surface area contributed by atoms with Crippen LogP contribution in [0.3, 0.4) is 0 Å². The summed E-state index contributed by atoms with van der Waals surface area (Å²) in [4.78, 5) is 28.5. The number of hydrogen-bond donors (Lipinski definition) is 1. The quantitative estimate of drug-likeness (QED) is 0.176. The number of rotatable bonds is 12.